The maximum absolute atomic E-state index is 6.21. The molecule has 1 aliphatic rings. The minimum absolute atomic E-state index is 0.145. The first kappa shape index (κ1) is 26.2. The van der Waals surface area contributed by atoms with Crippen LogP contribution in [0.4, 0.5) is 0 Å². The van der Waals surface area contributed by atoms with Crippen LogP contribution in [0.3, 0.4) is 0 Å². The fourth-order valence-electron chi connectivity index (χ4n) is 7.55. The van der Waals surface area contributed by atoms with Gasteiger partial charge >= 0.3 is 5.84 Å². The van der Waals surface area contributed by atoms with Crippen molar-refractivity contribution < 1.29 is 4.42 Å². The number of oxazole rings is 1. The Morgan fingerprint density at radius 2 is 1.32 bits per heavy atom. The van der Waals surface area contributed by atoms with Gasteiger partial charge in [-0.15, -0.1) is 0 Å². The van der Waals surface area contributed by atoms with Crippen LogP contribution < -0.4 is 0 Å². The first-order valence-corrected chi connectivity index (χ1v) is 15.9. The van der Waals surface area contributed by atoms with E-state index in [1.807, 2.05) is 48.8 Å². The molecule has 0 saturated carbocycles. The monoisotopic (exact) mass is 604 g/mol. The summed E-state index contributed by atoms with van der Waals surface area (Å²) in [6, 6.07) is 42.9. The van der Waals surface area contributed by atoms with Gasteiger partial charge in [-0.1, -0.05) is 92.7 Å². The van der Waals surface area contributed by atoms with Crippen molar-refractivity contribution in [2.24, 2.45) is 0 Å². The molecule has 5 aromatic carbocycles. The highest BCUT2D eigenvalue weighted by molar-refractivity contribution is 6.10. The molecule has 9 aromatic rings. The minimum atomic E-state index is -0.145. The molecule has 0 radical (unpaired) electrons. The van der Waals surface area contributed by atoms with Gasteiger partial charge in [-0.25, -0.2) is 4.98 Å². The number of hydrogen-bond acceptors (Lipinski definition) is 4. The molecule has 47 heavy (non-hydrogen) atoms. The number of imidazole rings is 1. The third-order valence-corrected chi connectivity index (χ3v) is 9.91. The highest BCUT2D eigenvalue weighted by Crippen LogP contribution is 2.50. The summed E-state index contributed by atoms with van der Waals surface area (Å²) in [5.41, 5.74) is 16.3. The molecule has 0 aliphatic heterocycles. The molecule has 0 unspecified atom stereocenters. The average molecular weight is 605 g/mol. The van der Waals surface area contributed by atoms with Gasteiger partial charge in [0.2, 0.25) is 0 Å². The van der Waals surface area contributed by atoms with Gasteiger partial charge in [-0.2, -0.15) is 4.98 Å². The van der Waals surface area contributed by atoms with E-state index in [2.05, 4.69) is 108 Å². The summed E-state index contributed by atoms with van der Waals surface area (Å²) in [7, 11) is 0. The average Bonchev–Trinajstić information content (AvgIpc) is 3.74. The van der Waals surface area contributed by atoms with Crippen LogP contribution in [0.2, 0.25) is 0 Å². The first-order chi connectivity index (χ1) is 23.0. The third kappa shape index (κ3) is 3.74. The second kappa shape index (κ2) is 9.47. The largest absolute Gasteiger partial charge is 0.423 e. The van der Waals surface area contributed by atoms with Crippen LogP contribution in [-0.4, -0.2) is 19.4 Å². The molecule has 0 spiro atoms. The number of para-hydroxylation sites is 3. The Balaban J connectivity index is 1.13. The summed E-state index contributed by atoms with van der Waals surface area (Å²) in [5.74, 6) is 0.573. The molecular formula is C42H28N4O. The zero-order chi connectivity index (χ0) is 31.3. The van der Waals surface area contributed by atoms with E-state index < -0.39 is 0 Å². The van der Waals surface area contributed by atoms with Crippen LogP contribution in [-0.2, 0) is 5.41 Å². The summed E-state index contributed by atoms with van der Waals surface area (Å²) >= 11 is 0. The van der Waals surface area contributed by atoms with Gasteiger partial charge < -0.3 is 4.42 Å². The highest BCUT2D eigenvalue weighted by Gasteiger charge is 2.36. The molecule has 5 nitrogen and oxygen atoms in total. The Bertz CT molecular complexity index is 2710. The normalized spacial score (nSPS) is 13.5. The number of pyridine rings is 2. The SMILES string of the molecule is CC1(C)c2cc(-c3cccnc3)ccc2-c2ccc(-c3cccc(-c4nc5ccccc5c5nc6oc7ccccc7n6c45)c3)cc21. The van der Waals surface area contributed by atoms with Gasteiger partial charge in [0.1, 0.15) is 11.0 Å². The Hall–Kier alpha value is -6.07. The summed E-state index contributed by atoms with van der Waals surface area (Å²) < 4.78 is 8.32. The molecule has 1 aliphatic carbocycles. The van der Waals surface area contributed by atoms with E-state index in [1.54, 1.807) is 0 Å². The summed E-state index contributed by atoms with van der Waals surface area (Å²) in [6.07, 6.45) is 3.76. The van der Waals surface area contributed by atoms with Crippen molar-refractivity contribution in [3.63, 3.8) is 0 Å². The highest BCUT2D eigenvalue weighted by atomic mass is 16.4. The van der Waals surface area contributed by atoms with Gasteiger partial charge in [0.25, 0.3) is 0 Å². The van der Waals surface area contributed by atoms with Crippen molar-refractivity contribution in [2.45, 2.75) is 19.3 Å². The van der Waals surface area contributed by atoms with E-state index in [-0.39, 0.29) is 5.41 Å². The van der Waals surface area contributed by atoms with Crippen molar-refractivity contribution in [3.8, 4) is 44.6 Å². The standard InChI is InChI=1S/C42H28N4O/c1-42(2)33-22-26(16-18-30(33)31-19-17-27(23-34(31)42)29-11-8-20-43-24-29)25-9-7-10-28(21-25)38-40-39(32-12-3-4-13-35(32)44-38)45-41-46(40)36-14-5-6-15-37(36)47-41/h3-24H,1-2H3. The van der Waals surface area contributed by atoms with Crippen molar-refractivity contribution in [1.29, 1.82) is 0 Å². The number of rotatable bonds is 3. The lowest BCUT2D eigenvalue weighted by atomic mass is 9.81. The van der Waals surface area contributed by atoms with E-state index in [1.165, 1.54) is 33.4 Å². The van der Waals surface area contributed by atoms with Crippen LogP contribution >= 0.6 is 0 Å². The smallest absolute Gasteiger partial charge is 0.307 e. The molecule has 0 N–H and O–H groups in total. The Morgan fingerprint density at radius 3 is 2.13 bits per heavy atom. The predicted molar refractivity (Wildman–Crippen MR) is 189 cm³/mol. The van der Waals surface area contributed by atoms with Crippen LogP contribution in [0.15, 0.2) is 138 Å². The fraction of sp³-hybridized carbons (Fsp3) is 0.0714. The molecule has 4 heterocycles. The summed E-state index contributed by atoms with van der Waals surface area (Å²) in [5, 5.41) is 1.01. The van der Waals surface area contributed by atoms with Crippen molar-refractivity contribution in [1.82, 2.24) is 19.4 Å². The maximum atomic E-state index is 6.21. The third-order valence-electron chi connectivity index (χ3n) is 9.91. The zero-order valence-electron chi connectivity index (χ0n) is 25.9. The van der Waals surface area contributed by atoms with Crippen LogP contribution in [0.1, 0.15) is 25.0 Å². The fourth-order valence-corrected chi connectivity index (χ4v) is 7.55. The zero-order valence-corrected chi connectivity index (χ0v) is 25.9. The van der Waals surface area contributed by atoms with Gasteiger partial charge in [-0.05, 0) is 87.0 Å². The van der Waals surface area contributed by atoms with E-state index in [0.717, 1.165) is 55.4 Å². The van der Waals surface area contributed by atoms with Crippen LogP contribution in [0, 0.1) is 0 Å². The molecule has 0 atom stereocenters. The van der Waals surface area contributed by atoms with Crippen molar-refractivity contribution >= 4 is 38.9 Å². The molecule has 0 amide bonds. The van der Waals surface area contributed by atoms with Crippen LogP contribution in [0.25, 0.3) is 83.5 Å². The second-order valence-electron chi connectivity index (χ2n) is 12.9. The lowest BCUT2D eigenvalue weighted by Crippen LogP contribution is -2.15. The lowest BCUT2D eigenvalue weighted by molar-refractivity contribution is 0.643. The summed E-state index contributed by atoms with van der Waals surface area (Å²) in [6.45, 7) is 4.67. The Morgan fingerprint density at radius 1 is 0.617 bits per heavy atom. The molecular weight excluding hydrogens is 576 g/mol. The topological polar surface area (TPSA) is 56.2 Å². The minimum Gasteiger partial charge on any atom is -0.423 e. The molecule has 4 aromatic heterocycles. The van der Waals surface area contributed by atoms with Crippen molar-refractivity contribution in [2.75, 3.05) is 0 Å². The van der Waals surface area contributed by atoms with E-state index >= 15 is 0 Å². The molecule has 0 saturated heterocycles. The predicted octanol–water partition coefficient (Wildman–Crippen LogP) is 10.5. The number of benzene rings is 5. The maximum Gasteiger partial charge on any atom is 0.307 e. The van der Waals surface area contributed by atoms with Crippen LogP contribution in [0.5, 0.6) is 0 Å². The molecule has 0 bridgehead atoms. The number of aromatic nitrogens is 4. The van der Waals surface area contributed by atoms with Gasteiger partial charge in [0, 0.05) is 28.8 Å². The first-order valence-electron chi connectivity index (χ1n) is 15.9. The Labute approximate surface area is 270 Å². The van der Waals surface area contributed by atoms with E-state index in [0.29, 0.717) is 5.84 Å². The van der Waals surface area contributed by atoms with E-state index in [9.17, 15) is 0 Å². The number of nitrogens with zero attached hydrogens (tertiary/aromatic N) is 4. The Kier molecular flexibility index (Phi) is 5.28. The quantitative estimate of drug-likeness (QED) is 0.201. The lowest BCUT2D eigenvalue weighted by Gasteiger charge is -2.22. The van der Waals surface area contributed by atoms with E-state index in [4.69, 9.17) is 14.4 Å². The molecule has 222 valence electrons. The van der Waals surface area contributed by atoms with Gasteiger partial charge in [-0.3, -0.25) is 9.38 Å². The number of fused-ring (bicyclic) bond motifs is 10. The summed E-state index contributed by atoms with van der Waals surface area (Å²) in [4.78, 5) is 14.6. The molecule has 0 fully saturated rings. The van der Waals surface area contributed by atoms with Gasteiger partial charge in [0.15, 0.2) is 5.58 Å². The number of hydrogen-bond donors (Lipinski definition) is 0. The van der Waals surface area contributed by atoms with Crippen molar-refractivity contribution in [3.05, 3.63) is 145 Å². The second-order valence-corrected chi connectivity index (χ2v) is 12.9. The molecule has 10 rings (SSSR count). The molecule has 5 heteroatoms. The van der Waals surface area contributed by atoms with Gasteiger partial charge in [0.05, 0.1) is 16.7 Å².